The third kappa shape index (κ3) is 3.16. The number of alkyl halides is 3. The highest BCUT2D eigenvalue weighted by Crippen LogP contribution is 2.39. The highest BCUT2D eigenvalue weighted by atomic mass is 19.4. The maximum Gasteiger partial charge on any atom is 0.418 e. The summed E-state index contributed by atoms with van der Waals surface area (Å²) >= 11 is 0. The summed E-state index contributed by atoms with van der Waals surface area (Å²) in [4.78, 5) is 0. The van der Waals surface area contributed by atoms with Crippen LogP contribution >= 0.6 is 0 Å². The molecule has 0 saturated carbocycles. The van der Waals surface area contributed by atoms with Crippen molar-refractivity contribution in [1.29, 1.82) is 5.41 Å². The van der Waals surface area contributed by atoms with Crippen molar-refractivity contribution in [2.24, 2.45) is 0 Å². The van der Waals surface area contributed by atoms with Crippen LogP contribution in [0.5, 0.6) is 11.5 Å². The Hall–Kier alpha value is -2.64. The number of hydrogen-bond donors (Lipinski definition) is 2. The number of anilines is 1. The average Bonchev–Trinajstić information content (AvgIpc) is 2.36. The third-order valence-corrected chi connectivity index (χ3v) is 2.76. The summed E-state index contributed by atoms with van der Waals surface area (Å²) < 4.78 is 69.5. The second kappa shape index (κ2) is 5.63. The topological polar surface area (TPSA) is 59.1 Å². The molecule has 116 valence electrons. The van der Waals surface area contributed by atoms with E-state index in [1.807, 2.05) is 0 Å². The Bertz CT molecular complexity index is 708. The standard InChI is InChI=1S/C14H9F5N2O/c15-7-3-8(16)5-9(4-7)22-12-2-1-11(14(17,18)19)13(21)10(12)6-20/h1-6,20H,21H2. The lowest BCUT2D eigenvalue weighted by Gasteiger charge is -2.15. The Morgan fingerprint density at radius 3 is 2.14 bits per heavy atom. The van der Waals surface area contributed by atoms with Crippen LogP contribution in [0.2, 0.25) is 0 Å². The monoisotopic (exact) mass is 316 g/mol. The van der Waals surface area contributed by atoms with Gasteiger partial charge in [0.2, 0.25) is 0 Å². The number of nitrogen functional groups attached to an aromatic ring is 1. The van der Waals surface area contributed by atoms with E-state index in [-0.39, 0.29) is 17.1 Å². The van der Waals surface area contributed by atoms with Gasteiger partial charge in [-0.3, -0.25) is 0 Å². The summed E-state index contributed by atoms with van der Waals surface area (Å²) in [5.41, 5.74) is 3.24. The van der Waals surface area contributed by atoms with Crippen LogP contribution in [0.4, 0.5) is 27.6 Å². The van der Waals surface area contributed by atoms with Gasteiger partial charge in [-0.15, -0.1) is 0 Å². The minimum Gasteiger partial charge on any atom is -0.456 e. The largest absolute Gasteiger partial charge is 0.456 e. The zero-order valence-electron chi connectivity index (χ0n) is 10.8. The van der Waals surface area contributed by atoms with E-state index >= 15 is 0 Å². The Labute approximate surface area is 121 Å². The summed E-state index contributed by atoms with van der Waals surface area (Å²) in [6, 6.07) is 3.93. The van der Waals surface area contributed by atoms with E-state index in [0.29, 0.717) is 18.3 Å². The first-order valence-corrected chi connectivity index (χ1v) is 5.86. The van der Waals surface area contributed by atoms with Crippen molar-refractivity contribution in [3.05, 3.63) is 53.1 Å². The lowest BCUT2D eigenvalue weighted by Crippen LogP contribution is -2.11. The van der Waals surface area contributed by atoms with Crippen molar-refractivity contribution < 1.29 is 26.7 Å². The molecule has 3 nitrogen and oxygen atoms in total. The number of nitrogens with one attached hydrogen (secondary N) is 1. The molecule has 0 aliphatic heterocycles. The molecule has 3 N–H and O–H groups in total. The smallest absolute Gasteiger partial charge is 0.418 e. The molecule has 0 saturated heterocycles. The second-order valence-corrected chi connectivity index (χ2v) is 4.29. The molecule has 0 bridgehead atoms. The number of benzene rings is 2. The predicted octanol–water partition coefficient (Wildman–Crippen LogP) is 4.36. The minimum absolute atomic E-state index is 0.217. The second-order valence-electron chi connectivity index (χ2n) is 4.29. The summed E-state index contributed by atoms with van der Waals surface area (Å²) in [6.07, 6.45) is -4.11. The molecule has 2 aromatic carbocycles. The van der Waals surface area contributed by atoms with Gasteiger partial charge in [-0.1, -0.05) is 0 Å². The van der Waals surface area contributed by atoms with E-state index < -0.39 is 29.1 Å². The van der Waals surface area contributed by atoms with Crippen LogP contribution in [0, 0.1) is 17.0 Å². The molecule has 0 aromatic heterocycles. The number of ether oxygens (including phenoxy) is 1. The van der Waals surface area contributed by atoms with Crippen molar-refractivity contribution in [3.63, 3.8) is 0 Å². The molecule has 0 heterocycles. The lowest BCUT2D eigenvalue weighted by molar-refractivity contribution is -0.136. The van der Waals surface area contributed by atoms with E-state index in [2.05, 4.69) is 0 Å². The van der Waals surface area contributed by atoms with E-state index in [9.17, 15) is 22.0 Å². The van der Waals surface area contributed by atoms with Gasteiger partial charge in [0.05, 0.1) is 16.8 Å². The Morgan fingerprint density at radius 1 is 1.05 bits per heavy atom. The molecule has 0 radical (unpaired) electrons. The molecular formula is C14H9F5N2O. The third-order valence-electron chi connectivity index (χ3n) is 2.76. The van der Waals surface area contributed by atoms with Gasteiger partial charge in [-0.2, -0.15) is 13.2 Å². The van der Waals surface area contributed by atoms with Crippen molar-refractivity contribution in [3.8, 4) is 11.5 Å². The summed E-state index contributed by atoms with van der Waals surface area (Å²) in [5, 5.41) is 7.18. The maximum atomic E-state index is 13.1. The van der Waals surface area contributed by atoms with Gasteiger partial charge in [0.15, 0.2) is 0 Å². The quantitative estimate of drug-likeness (QED) is 0.502. The van der Waals surface area contributed by atoms with Gasteiger partial charge in [-0.25, -0.2) is 8.78 Å². The first-order chi connectivity index (χ1) is 10.2. The van der Waals surface area contributed by atoms with Crippen LogP contribution < -0.4 is 10.5 Å². The molecule has 8 heteroatoms. The molecule has 0 unspecified atom stereocenters. The number of hydrogen-bond acceptors (Lipinski definition) is 3. The maximum absolute atomic E-state index is 13.1. The molecule has 0 fully saturated rings. The lowest BCUT2D eigenvalue weighted by atomic mass is 10.1. The molecular weight excluding hydrogens is 307 g/mol. The van der Waals surface area contributed by atoms with Gasteiger partial charge in [-0.05, 0) is 12.1 Å². The molecule has 0 amide bonds. The van der Waals surface area contributed by atoms with Crippen LogP contribution in [-0.4, -0.2) is 6.21 Å². The molecule has 0 aliphatic rings. The van der Waals surface area contributed by atoms with Crippen LogP contribution in [0.25, 0.3) is 0 Å². The number of halogens is 5. The van der Waals surface area contributed by atoms with Crippen LogP contribution in [0.15, 0.2) is 30.3 Å². The van der Waals surface area contributed by atoms with Crippen LogP contribution in [-0.2, 0) is 6.18 Å². The zero-order valence-corrected chi connectivity index (χ0v) is 10.8. The Morgan fingerprint density at radius 2 is 1.64 bits per heavy atom. The zero-order chi connectivity index (χ0) is 16.5. The van der Waals surface area contributed by atoms with Crippen LogP contribution in [0.3, 0.4) is 0 Å². The molecule has 0 atom stereocenters. The molecule has 0 spiro atoms. The Balaban J connectivity index is 2.48. The van der Waals surface area contributed by atoms with Crippen LogP contribution in [0.1, 0.15) is 11.1 Å². The highest BCUT2D eigenvalue weighted by Gasteiger charge is 2.34. The van der Waals surface area contributed by atoms with Gasteiger partial charge in [0, 0.05) is 24.4 Å². The predicted molar refractivity (Wildman–Crippen MR) is 70.2 cm³/mol. The van der Waals surface area contributed by atoms with Crippen molar-refractivity contribution in [2.75, 3.05) is 5.73 Å². The summed E-state index contributed by atoms with van der Waals surface area (Å²) in [6.45, 7) is 0. The van der Waals surface area contributed by atoms with E-state index in [1.165, 1.54) is 0 Å². The fourth-order valence-electron chi connectivity index (χ4n) is 1.82. The average molecular weight is 316 g/mol. The fourth-order valence-corrected chi connectivity index (χ4v) is 1.82. The fraction of sp³-hybridized carbons (Fsp3) is 0.0714. The molecule has 2 aromatic rings. The summed E-state index contributed by atoms with van der Waals surface area (Å²) in [5.74, 6) is -2.30. The number of nitrogens with two attached hydrogens (primary N) is 1. The van der Waals surface area contributed by atoms with Gasteiger partial charge in [0.1, 0.15) is 23.1 Å². The highest BCUT2D eigenvalue weighted by molar-refractivity contribution is 5.90. The SMILES string of the molecule is N=Cc1c(Oc2cc(F)cc(F)c2)ccc(C(F)(F)F)c1N. The molecule has 2 rings (SSSR count). The Kier molecular flexibility index (Phi) is 4.03. The van der Waals surface area contributed by atoms with E-state index in [4.69, 9.17) is 15.9 Å². The summed E-state index contributed by atoms with van der Waals surface area (Å²) in [7, 11) is 0. The molecule has 22 heavy (non-hydrogen) atoms. The number of rotatable bonds is 3. The van der Waals surface area contributed by atoms with Gasteiger partial charge >= 0.3 is 6.18 Å². The normalized spacial score (nSPS) is 11.3. The van der Waals surface area contributed by atoms with E-state index in [0.717, 1.165) is 18.2 Å². The van der Waals surface area contributed by atoms with Crippen molar-refractivity contribution in [2.45, 2.75) is 6.18 Å². The molecule has 0 aliphatic carbocycles. The van der Waals surface area contributed by atoms with Crippen molar-refractivity contribution in [1.82, 2.24) is 0 Å². The van der Waals surface area contributed by atoms with Crippen molar-refractivity contribution >= 4 is 11.9 Å². The minimum atomic E-state index is -4.69. The van der Waals surface area contributed by atoms with Gasteiger partial charge in [0.25, 0.3) is 0 Å². The first-order valence-electron chi connectivity index (χ1n) is 5.86. The van der Waals surface area contributed by atoms with Gasteiger partial charge < -0.3 is 15.9 Å². The van der Waals surface area contributed by atoms with E-state index in [1.54, 1.807) is 0 Å². The first kappa shape index (κ1) is 15.7.